The molecule has 1 rings (SSSR count). The normalized spacial score (nSPS) is 13.9. The molecule has 5 heteroatoms. The van der Waals surface area contributed by atoms with Crippen molar-refractivity contribution in [1.82, 2.24) is 4.98 Å². The quantitative estimate of drug-likeness (QED) is 0.731. The third-order valence-corrected chi connectivity index (χ3v) is 2.48. The number of hydrogen-bond acceptors (Lipinski definition) is 1. The summed E-state index contributed by atoms with van der Waals surface area (Å²) in [6.45, 7) is 1.88. The summed E-state index contributed by atoms with van der Waals surface area (Å²) in [6, 6.07) is 2.00. The zero-order valence-corrected chi connectivity index (χ0v) is 8.94. The molecular weight excluding hydrogens is 227 g/mol. The molecular formula is C10H11ClF3N. The van der Waals surface area contributed by atoms with Crippen molar-refractivity contribution in [3.63, 3.8) is 0 Å². The number of halogens is 4. The third-order valence-electron chi connectivity index (χ3n) is 2.02. The second kappa shape index (κ2) is 4.84. The molecule has 0 saturated heterocycles. The maximum absolute atomic E-state index is 12.3. The minimum absolute atomic E-state index is 0.166. The van der Waals surface area contributed by atoms with E-state index in [1.54, 1.807) is 0 Å². The van der Waals surface area contributed by atoms with Gasteiger partial charge in [0.2, 0.25) is 0 Å². The minimum Gasteiger partial charge on any atom is -0.261 e. The lowest BCUT2D eigenvalue weighted by molar-refractivity contribution is -0.137. The van der Waals surface area contributed by atoms with Crippen molar-refractivity contribution in [1.29, 1.82) is 0 Å². The van der Waals surface area contributed by atoms with Gasteiger partial charge in [-0.05, 0) is 18.6 Å². The summed E-state index contributed by atoms with van der Waals surface area (Å²) in [6.07, 6.45) is -2.08. The molecule has 0 spiro atoms. The summed E-state index contributed by atoms with van der Waals surface area (Å²) < 4.78 is 37.0. The smallest absolute Gasteiger partial charge is 0.261 e. The van der Waals surface area contributed by atoms with Crippen LogP contribution in [0.25, 0.3) is 0 Å². The van der Waals surface area contributed by atoms with E-state index < -0.39 is 11.7 Å². The molecule has 0 aromatic carbocycles. The molecule has 1 unspecified atom stereocenters. The summed E-state index contributed by atoms with van der Waals surface area (Å²) in [5.41, 5.74) is -0.292. The van der Waals surface area contributed by atoms with Gasteiger partial charge in [0, 0.05) is 23.7 Å². The molecule has 1 aromatic rings. The van der Waals surface area contributed by atoms with E-state index in [0.717, 1.165) is 18.3 Å². The first kappa shape index (κ1) is 12.3. The van der Waals surface area contributed by atoms with Gasteiger partial charge in [-0.2, -0.15) is 13.2 Å². The van der Waals surface area contributed by atoms with Gasteiger partial charge in [-0.1, -0.05) is 6.92 Å². The molecule has 1 nitrogen and oxygen atoms in total. The Kier molecular flexibility index (Phi) is 3.97. The maximum atomic E-state index is 12.3. The Morgan fingerprint density at radius 1 is 1.47 bits per heavy atom. The highest BCUT2D eigenvalue weighted by Gasteiger charge is 2.30. The molecule has 0 amide bonds. The average molecular weight is 238 g/mol. The topological polar surface area (TPSA) is 12.9 Å². The first-order chi connectivity index (χ1) is 6.93. The molecule has 0 fully saturated rings. The summed E-state index contributed by atoms with van der Waals surface area (Å²) in [4.78, 5) is 3.86. The molecule has 0 aliphatic heterocycles. The van der Waals surface area contributed by atoms with E-state index in [2.05, 4.69) is 4.98 Å². The van der Waals surface area contributed by atoms with Crippen molar-refractivity contribution in [2.24, 2.45) is 0 Å². The minimum atomic E-state index is -4.31. The molecule has 1 aromatic heterocycles. The van der Waals surface area contributed by atoms with Crippen molar-refractivity contribution >= 4 is 11.6 Å². The van der Waals surface area contributed by atoms with Crippen molar-refractivity contribution in [3.8, 4) is 0 Å². The van der Waals surface area contributed by atoms with E-state index in [-0.39, 0.29) is 5.38 Å². The van der Waals surface area contributed by atoms with E-state index in [9.17, 15) is 13.2 Å². The Hall–Kier alpha value is -0.770. The van der Waals surface area contributed by atoms with Gasteiger partial charge in [-0.15, -0.1) is 11.6 Å². The van der Waals surface area contributed by atoms with E-state index >= 15 is 0 Å². The van der Waals surface area contributed by atoms with Crippen LogP contribution in [0.4, 0.5) is 13.2 Å². The average Bonchev–Trinajstić information content (AvgIpc) is 2.17. The maximum Gasteiger partial charge on any atom is 0.416 e. The lowest BCUT2D eigenvalue weighted by Gasteiger charge is -2.09. The summed E-state index contributed by atoms with van der Waals surface area (Å²) >= 11 is 5.85. The molecule has 84 valence electrons. The highest BCUT2D eigenvalue weighted by atomic mass is 35.5. The van der Waals surface area contributed by atoms with Gasteiger partial charge >= 0.3 is 6.18 Å². The lowest BCUT2D eigenvalue weighted by Crippen LogP contribution is -2.08. The third kappa shape index (κ3) is 3.70. The Bertz CT molecular complexity index is 325. The van der Waals surface area contributed by atoms with Crippen LogP contribution in [0.2, 0.25) is 0 Å². The summed E-state index contributed by atoms with van der Waals surface area (Å²) in [5.74, 6) is 0. The van der Waals surface area contributed by atoms with E-state index in [4.69, 9.17) is 11.6 Å². The molecule has 15 heavy (non-hydrogen) atoms. The standard InChI is InChI=1S/C10H11ClF3N/c1-2-8(11)6-9-5-7(3-4-15-9)10(12,13)14/h3-5,8H,2,6H2,1H3. The zero-order valence-electron chi connectivity index (χ0n) is 8.18. The van der Waals surface area contributed by atoms with E-state index in [1.165, 1.54) is 0 Å². The fraction of sp³-hybridized carbons (Fsp3) is 0.500. The van der Waals surface area contributed by atoms with Crippen LogP contribution >= 0.6 is 11.6 Å². The Morgan fingerprint density at radius 3 is 2.67 bits per heavy atom. The van der Waals surface area contributed by atoms with E-state index in [0.29, 0.717) is 18.5 Å². The zero-order chi connectivity index (χ0) is 11.5. The number of aromatic nitrogens is 1. The number of rotatable bonds is 3. The molecule has 1 atom stereocenters. The van der Waals surface area contributed by atoms with Crippen molar-refractivity contribution in [3.05, 3.63) is 29.6 Å². The van der Waals surface area contributed by atoms with Crippen molar-refractivity contribution in [2.45, 2.75) is 31.3 Å². The molecule has 0 saturated carbocycles. The van der Waals surface area contributed by atoms with Crippen molar-refractivity contribution < 1.29 is 13.2 Å². The molecule has 0 aliphatic carbocycles. The molecule has 0 aliphatic rings. The van der Waals surface area contributed by atoms with Crippen LogP contribution in [0.1, 0.15) is 24.6 Å². The van der Waals surface area contributed by atoms with Crippen LogP contribution in [-0.4, -0.2) is 10.4 Å². The summed E-state index contributed by atoms with van der Waals surface area (Å²) in [7, 11) is 0. The molecule has 1 heterocycles. The second-order valence-corrected chi connectivity index (χ2v) is 3.86. The predicted octanol–water partition coefficient (Wildman–Crippen LogP) is 3.66. The highest BCUT2D eigenvalue weighted by Crippen LogP contribution is 2.29. The molecule has 0 N–H and O–H groups in total. The van der Waals surface area contributed by atoms with Gasteiger partial charge in [0.05, 0.1) is 5.56 Å². The monoisotopic (exact) mass is 237 g/mol. The van der Waals surface area contributed by atoms with Gasteiger partial charge in [-0.3, -0.25) is 4.98 Å². The van der Waals surface area contributed by atoms with Gasteiger partial charge in [0.15, 0.2) is 0 Å². The van der Waals surface area contributed by atoms with Crippen molar-refractivity contribution in [2.75, 3.05) is 0 Å². The van der Waals surface area contributed by atoms with Gasteiger partial charge in [0.25, 0.3) is 0 Å². The van der Waals surface area contributed by atoms with Crippen LogP contribution in [0.3, 0.4) is 0 Å². The number of hydrogen-bond donors (Lipinski definition) is 0. The predicted molar refractivity (Wildman–Crippen MR) is 52.9 cm³/mol. The van der Waals surface area contributed by atoms with Crippen LogP contribution in [0, 0.1) is 0 Å². The fourth-order valence-electron chi connectivity index (χ4n) is 1.14. The second-order valence-electron chi connectivity index (χ2n) is 3.24. The van der Waals surface area contributed by atoms with Crippen LogP contribution in [0.15, 0.2) is 18.3 Å². The Morgan fingerprint density at radius 2 is 2.13 bits per heavy atom. The SMILES string of the molecule is CCC(Cl)Cc1cc(C(F)(F)F)ccn1. The molecule has 0 radical (unpaired) electrons. The first-order valence-electron chi connectivity index (χ1n) is 4.59. The largest absolute Gasteiger partial charge is 0.416 e. The van der Waals surface area contributed by atoms with Gasteiger partial charge in [0.1, 0.15) is 0 Å². The number of alkyl halides is 4. The van der Waals surface area contributed by atoms with Gasteiger partial charge < -0.3 is 0 Å². The highest BCUT2D eigenvalue weighted by molar-refractivity contribution is 6.20. The Balaban J connectivity index is 2.84. The van der Waals surface area contributed by atoms with Gasteiger partial charge in [-0.25, -0.2) is 0 Å². The lowest BCUT2D eigenvalue weighted by atomic mass is 10.1. The van der Waals surface area contributed by atoms with Crippen LogP contribution in [0.5, 0.6) is 0 Å². The molecule has 0 bridgehead atoms. The van der Waals surface area contributed by atoms with Crippen LogP contribution < -0.4 is 0 Å². The fourth-order valence-corrected chi connectivity index (χ4v) is 1.30. The first-order valence-corrected chi connectivity index (χ1v) is 5.03. The summed E-state index contributed by atoms with van der Waals surface area (Å²) in [5, 5.41) is -0.166. The van der Waals surface area contributed by atoms with Crippen LogP contribution in [-0.2, 0) is 12.6 Å². The van der Waals surface area contributed by atoms with E-state index in [1.807, 2.05) is 6.92 Å². The number of nitrogens with zero attached hydrogens (tertiary/aromatic N) is 1. The Labute approximate surface area is 91.3 Å². The number of pyridine rings is 1.